The summed E-state index contributed by atoms with van der Waals surface area (Å²) in [7, 11) is 2.89. The largest absolute Gasteiger partial charge is 0.497 e. The van der Waals surface area contributed by atoms with E-state index < -0.39 is 5.97 Å². The second kappa shape index (κ2) is 7.99. The molecule has 0 saturated heterocycles. The Morgan fingerprint density at radius 2 is 1.85 bits per heavy atom. The molecule has 0 bridgehead atoms. The maximum absolute atomic E-state index is 11.1. The summed E-state index contributed by atoms with van der Waals surface area (Å²) in [5.74, 6) is -0.304. The zero-order chi connectivity index (χ0) is 15.0. The van der Waals surface area contributed by atoms with Crippen molar-refractivity contribution in [1.29, 1.82) is 0 Å². The van der Waals surface area contributed by atoms with Crippen molar-refractivity contribution in [2.75, 3.05) is 20.8 Å². The highest BCUT2D eigenvalue weighted by Crippen LogP contribution is 2.21. The fraction of sp³-hybridized carbons (Fsp3) is 0.333. The van der Waals surface area contributed by atoms with E-state index in [1.807, 2.05) is 24.3 Å². The van der Waals surface area contributed by atoms with Crippen molar-refractivity contribution in [3.63, 3.8) is 0 Å². The Bertz CT molecular complexity index is 476. The minimum atomic E-state index is -0.452. The number of benzene rings is 1. The summed E-state index contributed by atoms with van der Waals surface area (Å²) in [6, 6.07) is 7.33. The normalized spacial score (nSPS) is 11.9. The molecular formula is C15H18O5. The molecule has 0 aliphatic rings. The van der Waals surface area contributed by atoms with Gasteiger partial charge in [-0.25, -0.2) is 4.79 Å². The first kappa shape index (κ1) is 15.8. The molecule has 5 heteroatoms. The van der Waals surface area contributed by atoms with Gasteiger partial charge in [-0.2, -0.15) is 0 Å². The van der Waals surface area contributed by atoms with Crippen LogP contribution in [0.2, 0.25) is 0 Å². The maximum Gasteiger partial charge on any atom is 0.330 e. The van der Waals surface area contributed by atoms with E-state index in [9.17, 15) is 9.59 Å². The first-order valence-corrected chi connectivity index (χ1v) is 6.10. The molecule has 0 N–H and O–H groups in total. The lowest BCUT2D eigenvalue weighted by molar-refractivity contribution is -0.141. The Morgan fingerprint density at radius 1 is 1.20 bits per heavy atom. The molecule has 0 aliphatic heterocycles. The SMILES string of the molecule is COC(=O)/C=C/[C@H](COC(C)=O)c1ccc(OC)cc1. The average Bonchev–Trinajstić information content (AvgIpc) is 2.47. The second-order valence-corrected chi connectivity index (χ2v) is 4.06. The average molecular weight is 278 g/mol. The quantitative estimate of drug-likeness (QED) is 0.589. The van der Waals surface area contributed by atoms with Crippen LogP contribution < -0.4 is 4.74 Å². The van der Waals surface area contributed by atoms with E-state index in [1.165, 1.54) is 20.1 Å². The van der Waals surface area contributed by atoms with Gasteiger partial charge in [0.2, 0.25) is 0 Å². The van der Waals surface area contributed by atoms with E-state index in [1.54, 1.807) is 13.2 Å². The van der Waals surface area contributed by atoms with Crippen molar-refractivity contribution in [3.8, 4) is 5.75 Å². The molecule has 20 heavy (non-hydrogen) atoms. The Balaban J connectivity index is 2.86. The number of esters is 2. The predicted molar refractivity (Wildman–Crippen MR) is 73.5 cm³/mol. The Morgan fingerprint density at radius 3 is 2.35 bits per heavy atom. The molecule has 0 saturated carbocycles. The van der Waals surface area contributed by atoms with Crippen molar-refractivity contribution in [1.82, 2.24) is 0 Å². The fourth-order valence-corrected chi connectivity index (χ4v) is 1.58. The van der Waals surface area contributed by atoms with Gasteiger partial charge in [0, 0.05) is 18.9 Å². The van der Waals surface area contributed by atoms with Crippen LogP contribution in [0.4, 0.5) is 0 Å². The highest BCUT2D eigenvalue weighted by Gasteiger charge is 2.11. The van der Waals surface area contributed by atoms with Gasteiger partial charge >= 0.3 is 11.9 Å². The number of methoxy groups -OCH3 is 2. The van der Waals surface area contributed by atoms with Gasteiger partial charge in [0.25, 0.3) is 0 Å². The lowest BCUT2D eigenvalue weighted by Gasteiger charge is -2.13. The number of carbonyl (C=O) groups is 2. The number of hydrogen-bond acceptors (Lipinski definition) is 5. The molecule has 1 aromatic rings. The highest BCUT2D eigenvalue weighted by molar-refractivity contribution is 5.81. The van der Waals surface area contributed by atoms with Crippen molar-refractivity contribution >= 4 is 11.9 Å². The van der Waals surface area contributed by atoms with Gasteiger partial charge in [-0.15, -0.1) is 0 Å². The van der Waals surface area contributed by atoms with Crippen LogP contribution in [-0.4, -0.2) is 32.8 Å². The van der Waals surface area contributed by atoms with Crippen LogP contribution in [0.5, 0.6) is 5.75 Å². The lowest BCUT2D eigenvalue weighted by atomic mass is 9.99. The minimum Gasteiger partial charge on any atom is -0.497 e. The molecule has 0 aliphatic carbocycles. The first-order valence-electron chi connectivity index (χ1n) is 6.10. The van der Waals surface area contributed by atoms with Crippen LogP contribution in [0.1, 0.15) is 18.4 Å². The Labute approximate surface area is 118 Å². The van der Waals surface area contributed by atoms with Gasteiger partial charge in [0.15, 0.2) is 0 Å². The first-order chi connectivity index (χ1) is 9.56. The van der Waals surface area contributed by atoms with Gasteiger partial charge < -0.3 is 14.2 Å². The molecule has 0 fully saturated rings. The zero-order valence-corrected chi connectivity index (χ0v) is 11.8. The lowest BCUT2D eigenvalue weighted by Crippen LogP contribution is -2.09. The molecule has 1 aromatic carbocycles. The Kier molecular flexibility index (Phi) is 6.29. The molecule has 5 nitrogen and oxygen atoms in total. The van der Waals surface area contributed by atoms with Gasteiger partial charge in [0.1, 0.15) is 12.4 Å². The molecule has 1 atom stereocenters. The summed E-state index contributed by atoms with van der Waals surface area (Å²) in [5, 5.41) is 0. The molecular weight excluding hydrogens is 260 g/mol. The standard InChI is InChI=1S/C15H18O5/c1-11(16)20-10-13(6-9-15(17)19-3)12-4-7-14(18-2)8-5-12/h4-9,13H,10H2,1-3H3/b9-6+/t13-/m1/s1. The topological polar surface area (TPSA) is 61.8 Å². The fourth-order valence-electron chi connectivity index (χ4n) is 1.58. The maximum atomic E-state index is 11.1. The number of ether oxygens (including phenoxy) is 3. The van der Waals surface area contributed by atoms with E-state index in [4.69, 9.17) is 9.47 Å². The van der Waals surface area contributed by atoms with Crippen LogP contribution in [0.25, 0.3) is 0 Å². The summed E-state index contributed by atoms with van der Waals surface area (Å²) in [6.45, 7) is 1.50. The molecule has 0 radical (unpaired) electrons. The summed E-state index contributed by atoms with van der Waals surface area (Å²) < 4.78 is 14.6. The van der Waals surface area contributed by atoms with Gasteiger partial charge in [-0.1, -0.05) is 18.2 Å². The van der Waals surface area contributed by atoms with Crippen LogP contribution in [0, 0.1) is 0 Å². The second-order valence-electron chi connectivity index (χ2n) is 4.06. The predicted octanol–water partition coefficient (Wildman–Crippen LogP) is 2.07. The molecule has 0 unspecified atom stereocenters. The molecule has 0 amide bonds. The molecule has 0 heterocycles. The molecule has 1 rings (SSSR count). The highest BCUT2D eigenvalue weighted by atomic mass is 16.5. The molecule has 0 spiro atoms. The van der Waals surface area contributed by atoms with Crippen LogP contribution in [0.15, 0.2) is 36.4 Å². The van der Waals surface area contributed by atoms with Gasteiger partial charge in [-0.3, -0.25) is 4.79 Å². The van der Waals surface area contributed by atoms with Crippen LogP contribution in [0.3, 0.4) is 0 Å². The summed E-state index contributed by atoms with van der Waals surface area (Å²) in [6.07, 6.45) is 2.97. The van der Waals surface area contributed by atoms with Crippen molar-refractivity contribution in [3.05, 3.63) is 42.0 Å². The van der Waals surface area contributed by atoms with Crippen LogP contribution in [-0.2, 0) is 19.1 Å². The van der Waals surface area contributed by atoms with Crippen LogP contribution >= 0.6 is 0 Å². The number of carbonyl (C=O) groups excluding carboxylic acids is 2. The van der Waals surface area contributed by atoms with Crippen molar-refractivity contribution in [2.24, 2.45) is 0 Å². The van der Waals surface area contributed by atoms with Crippen molar-refractivity contribution < 1.29 is 23.8 Å². The third kappa shape index (κ3) is 5.14. The van der Waals surface area contributed by atoms with Gasteiger partial charge in [-0.05, 0) is 17.7 Å². The van der Waals surface area contributed by atoms with E-state index in [0.29, 0.717) is 0 Å². The molecule has 0 aromatic heterocycles. The van der Waals surface area contributed by atoms with Gasteiger partial charge in [0.05, 0.1) is 14.2 Å². The summed E-state index contributed by atoms with van der Waals surface area (Å²) in [4.78, 5) is 22.1. The van der Waals surface area contributed by atoms with E-state index >= 15 is 0 Å². The third-order valence-corrected chi connectivity index (χ3v) is 2.68. The monoisotopic (exact) mass is 278 g/mol. The number of rotatable bonds is 6. The third-order valence-electron chi connectivity index (χ3n) is 2.68. The van der Waals surface area contributed by atoms with E-state index in [-0.39, 0.29) is 18.5 Å². The van der Waals surface area contributed by atoms with E-state index in [2.05, 4.69) is 4.74 Å². The minimum absolute atomic E-state index is 0.162. The number of hydrogen-bond donors (Lipinski definition) is 0. The summed E-state index contributed by atoms with van der Waals surface area (Å²) in [5.41, 5.74) is 0.909. The Hall–Kier alpha value is -2.30. The summed E-state index contributed by atoms with van der Waals surface area (Å²) >= 11 is 0. The molecule has 108 valence electrons. The smallest absolute Gasteiger partial charge is 0.330 e. The zero-order valence-electron chi connectivity index (χ0n) is 11.8. The van der Waals surface area contributed by atoms with Crippen molar-refractivity contribution in [2.45, 2.75) is 12.8 Å². The van der Waals surface area contributed by atoms with E-state index in [0.717, 1.165) is 11.3 Å².